The maximum Gasteiger partial charge on any atom is 0.278 e. The summed E-state index contributed by atoms with van der Waals surface area (Å²) >= 11 is 0. The fourth-order valence-corrected chi connectivity index (χ4v) is 1.37. The lowest BCUT2D eigenvalue weighted by molar-refractivity contribution is -0.124. The third-order valence-electron chi connectivity index (χ3n) is 2.11. The Balaban J connectivity index is 2.33. The van der Waals surface area contributed by atoms with Gasteiger partial charge in [0.05, 0.1) is 6.61 Å². The van der Waals surface area contributed by atoms with Crippen LogP contribution in [0.3, 0.4) is 0 Å². The number of ether oxygens (including phenoxy) is 2. The van der Waals surface area contributed by atoms with E-state index in [1.165, 1.54) is 12.4 Å². The van der Waals surface area contributed by atoms with E-state index in [0.29, 0.717) is 23.8 Å². The maximum absolute atomic E-state index is 10.9. The van der Waals surface area contributed by atoms with Gasteiger partial charge in [-0.05, 0) is 6.92 Å². The molecule has 0 aliphatic carbocycles. The van der Waals surface area contributed by atoms with Crippen LogP contribution in [-0.2, 0) is 14.3 Å². The lowest BCUT2D eigenvalue weighted by atomic mass is 10.2. The molecule has 1 aliphatic heterocycles. The van der Waals surface area contributed by atoms with E-state index in [4.69, 9.17) is 9.47 Å². The summed E-state index contributed by atoms with van der Waals surface area (Å²) in [5.41, 5.74) is 3.14. The van der Waals surface area contributed by atoms with E-state index >= 15 is 0 Å². The zero-order valence-corrected chi connectivity index (χ0v) is 9.84. The average molecular weight is 248 g/mol. The van der Waals surface area contributed by atoms with Crippen molar-refractivity contribution < 1.29 is 14.3 Å². The predicted molar refractivity (Wildman–Crippen MR) is 63.3 cm³/mol. The second-order valence-electron chi connectivity index (χ2n) is 3.35. The molecule has 7 nitrogen and oxygen atoms in total. The number of rotatable bonds is 4. The highest BCUT2D eigenvalue weighted by Gasteiger charge is 2.21. The monoisotopic (exact) mass is 248 g/mol. The van der Waals surface area contributed by atoms with Crippen molar-refractivity contribution in [2.75, 3.05) is 13.2 Å². The van der Waals surface area contributed by atoms with Gasteiger partial charge in [-0.15, -0.1) is 5.10 Å². The highest BCUT2D eigenvalue weighted by Crippen LogP contribution is 2.16. The van der Waals surface area contributed by atoms with Gasteiger partial charge in [-0.25, -0.2) is 15.4 Å². The highest BCUT2D eigenvalue weighted by molar-refractivity contribution is 5.99. The van der Waals surface area contributed by atoms with Gasteiger partial charge in [0, 0.05) is 12.4 Å². The largest absolute Gasteiger partial charge is 0.492 e. The SMILES string of the molecule is C=C(OCC)c1nccnc1C1=NNC(=O)CO1. The van der Waals surface area contributed by atoms with Crippen molar-refractivity contribution in [1.82, 2.24) is 15.4 Å². The minimum atomic E-state index is -0.312. The molecule has 2 heterocycles. The zero-order valence-electron chi connectivity index (χ0n) is 9.84. The Labute approximate surface area is 104 Å². The second kappa shape index (κ2) is 5.26. The minimum Gasteiger partial charge on any atom is -0.492 e. The van der Waals surface area contributed by atoms with Crippen molar-refractivity contribution in [3.05, 3.63) is 30.4 Å². The molecule has 0 spiro atoms. The van der Waals surface area contributed by atoms with Gasteiger partial charge in [-0.1, -0.05) is 6.58 Å². The lowest BCUT2D eigenvalue weighted by Crippen LogP contribution is -2.33. The van der Waals surface area contributed by atoms with E-state index in [1.54, 1.807) is 0 Å². The van der Waals surface area contributed by atoms with Gasteiger partial charge in [0.25, 0.3) is 11.8 Å². The fraction of sp³-hybridized carbons (Fsp3) is 0.273. The first-order valence-electron chi connectivity index (χ1n) is 5.35. The molecule has 1 amide bonds. The van der Waals surface area contributed by atoms with E-state index in [9.17, 15) is 4.79 Å². The summed E-state index contributed by atoms with van der Waals surface area (Å²) in [5.74, 6) is 0.259. The Morgan fingerprint density at radius 2 is 2.33 bits per heavy atom. The summed E-state index contributed by atoms with van der Waals surface area (Å²) in [5, 5.41) is 3.78. The van der Waals surface area contributed by atoms with Crippen LogP contribution in [0.15, 0.2) is 24.1 Å². The number of carbonyl (C=O) groups is 1. The average Bonchev–Trinajstić information content (AvgIpc) is 2.40. The van der Waals surface area contributed by atoms with Gasteiger partial charge in [-0.2, -0.15) is 0 Å². The number of aromatic nitrogens is 2. The van der Waals surface area contributed by atoms with Crippen LogP contribution >= 0.6 is 0 Å². The van der Waals surface area contributed by atoms with Crippen LogP contribution in [0.5, 0.6) is 0 Å². The standard InChI is InChI=1S/C11H12N4O3/c1-3-17-7(2)9-10(13-5-4-12-9)11-15-14-8(16)6-18-11/h4-5H,2-3,6H2,1H3,(H,14,16). The molecule has 0 saturated carbocycles. The quantitative estimate of drug-likeness (QED) is 0.774. The van der Waals surface area contributed by atoms with Crippen LogP contribution in [0.1, 0.15) is 18.3 Å². The Morgan fingerprint density at radius 3 is 3.00 bits per heavy atom. The third-order valence-corrected chi connectivity index (χ3v) is 2.11. The van der Waals surface area contributed by atoms with Crippen molar-refractivity contribution in [3.8, 4) is 0 Å². The van der Waals surface area contributed by atoms with Crippen LogP contribution in [-0.4, -0.2) is 35.0 Å². The van der Waals surface area contributed by atoms with E-state index in [2.05, 4.69) is 27.1 Å². The van der Waals surface area contributed by atoms with Gasteiger partial charge in [0.1, 0.15) is 11.5 Å². The molecule has 1 aromatic heterocycles. The summed E-state index contributed by atoms with van der Waals surface area (Å²) in [7, 11) is 0. The smallest absolute Gasteiger partial charge is 0.278 e. The number of hydrogen-bond acceptors (Lipinski definition) is 6. The second-order valence-corrected chi connectivity index (χ2v) is 3.35. The predicted octanol–water partition coefficient (Wildman–Crippen LogP) is 0.292. The zero-order chi connectivity index (χ0) is 13.0. The number of carbonyl (C=O) groups excluding carboxylic acids is 1. The van der Waals surface area contributed by atoms with Gasteiger partial charge >= 0.3 is 0 Å². The van der Waals surface area contributed by atoms with Crippen molar-refractivity contribution in [2.45, 2.75) is 6.92 Å². The van der Waals surface area contributed by atoms with Crippen molar-refractivity contribution in [1.29, 1.82) is 0 Å². The molecule has 1 aromatic rings. The molecule has 0 bridgehead atoms. The Kier molecular flexibility index (Phi) is 3.52. The van der Waals surface area contributed by atoms with Gasteiger partial charge in [0.15, 0.2) is 12.3 Å². The molecule has 0 fully saturated rings. The molecule has 0 atom stereocenters. The van der Waals surface area contributed by atoms with Crippen molar-refractivity contribution in [2.24, 2.45) is 5.10 Å². The van der Waals surface area contributed by atoms with Crippen molar-refractivity contribution >= 4 is 17.6 Å². The third kappa shape index (κ3) is 2.45. The molecule has 7 heteroatoms. The van der Waals surface area contributed by atoms with Gasteiger partial charge < -0.3 is 9.47 Å². The Bertz CT molecular complexity index is 513. The lowest BCUT2D eigenvalue weighted by Gasteiger charge is -2.15. The molecular weight excluding hydrogens is 236 g/mol. The summed E-state index contributed by atoms with van der Waals surface area (Å²) in [6, 6.07) is 0. The molecule has 94 valence electrons. The minimum absolute atomic E-state index is 0.101. The number of nitrogens with one attached hydrogen (secondary N) is 1. The topological polar surface area (TPSA) is 85.7 Å². The fourth-order valence-electron chi connectivity index (χ4n) is 1.37. The maximum atomic E-state index is 10.9. The van der Waals surface area contributed by atoms with Gasteiger partial charge in [-0.3, -0.25) is 4.79 Å². The summed E-state index contributed by atoms with van der Waals surface area (Å²) < 4.78 is 10.5. The van der Waals surface area contributed by atoms with Crippen LogP contribution in [0.25, 0.3) is 5.76 Å². The molecule has 2 rings (SSSR count). The van der Waals surface area contributed by atoms with Crippen LogP contribution < -0.4 is 5.43 Å². The summed E-state index contributed by atoms with van der Waals surface area (Å²) in [6.45, 7) is 5.98. The van der Waals surface area contributed by atoms with E-state index in [1.807, 2.05) is 6.92 Å². The van der Waals surface area contributed by atoms with E-state index in [0.717, 1.165) is 0 Å². The van der Waals surface area contributed by atoms with Crippen LogP contribution in [0.2, 0.25) is 0 Å². The molecule has 0 saturated heterocycles. The molecule has 0 aromatic carbocycles. The molecular formula is C11H12N4O3. The number of nitrogens with zero attached hydrogens (tertiary/aromatic N) is 3. The molecule has 0 radical (unpaired) electrons. The first-order chi connectivity index (χ1) is 8.72. The van der Waals surface area contributed by atoms with E-state index < -0.39 is 0 Å². The first-order valence-corrected chi connectivity index (χ1v) is 5.35. The van der Waals surface area contributed by atoms with Crippen LogP contribution in [0.4, 0.5) is 0 Å². The molecule has 0 unspecified atom stereocenters. The van der Waals surface area contributed by atoms with E-state index in [-0.39, 0.29) is 18.4 Å². The summed E-state index contributed by atoms with van der Waals surface area (Å²) in [4.78, 5) is 19.2. The molecule has 18 heavy (non-hydrogen) atoms. The number of hydrazone groups is 1. The van der Waals surface area contributed by atoms with Gasteiger partial charge in [0.2, 0.25) is 0 Å². The molecule has 1 aliphatic rings. The summed E-state index contributed by atoms with van der Waals surface area (Å²) in [6.07, 6.45) is 3.02. The number of amides is 1. The highest BCUT2D eigenvalue weighted by atomic mass is 16.5. The van der Waals surface area contributed by atoms with Crippen molar-refractivity contribution in [3.63, 3.8) is 0 Å². The Hall–Kier alpha value is -2.44. The van der Waals surface area contributed by atoms with Crippen LogP contribution in [0, 0.1) is 0 Å². The first kappa shape index (κ1) is 12.0. The normalized spacial score (nSPS) is 14.3. The Morgan fingerprint density at radius 1 is 1.56 bits per heavy atom. The number of hydrogen-bond donors (Lipinski definition) is 1. The molecule has 1 N–H and O–H groups in total.